The molecule has 1 aliphatic rings. The molecule has 0 radical (unpaired) electrons. The molecule has 3 rings (SSSR count). The third-order valence-electron chi connectivity index (χ3n) is 3.30. The SMILES string of the molecule is O=C(NCC(O)c1ccc2c(c1)OCCO2)c1ccccn1. The first kappa shape index (κ1) is 14.3. The molecule has 1 aromatic carbocycles. The van der Waals surface area contributed by atoms with Crippen LogP contribution in [0.2, 0.25) is 0 Å². The molecule has 6 heteroatoms. The van der Waals surface area contributed by atoms with Crippen LogP contribution in [0.1, 0.15) is 22.2 Å². The Morgan fingerprint density at radius 1 is 1.23 bits per heavy atom. The number of aliphatic hydroxyl groups excluding tert-OH is 1. The second-order valence-corrected chi connectivity index (χ2v) is 4.84. The maximum Gasteiger partial charge on any atom is 0.269 e. The lowest BCUT2D eigenvalue weighted by Crippen LogP contribution is -2.29. The Kier molecular flexibility index (Phi) is 4.20. The Hall–Kier alpha value is -2.60. The highest BCUT2D eigenvalue weighted by Crippen LogP contribution is 2.32. The Morgan fingerprint density at radius 2 is 2.05 bits per heavy atom. The third-order valence-corrected chi connectivity index (χ3v) is 3.30. The summed E-state index contributed by atoms with van der Waals surface area (Å²) in [4.78, 5) is 15.8. The van der Waals surface area contributed by atoms with Crippen LogP contribution >= 0.6 is 0 Å². The standard InChI is InChI=1S/C16H16N2O4/c19-13(10-18-16(20)12-3-1-2-6-17-12)11-4-5-14-15(9-11)22-8-7-21-14/h1-6,9,13,19H,7-8,10H2,(H,18,20). The number of hydrogen-bond donors (Lipinski definition) is 2. The first-order valence-corrected chi connectivity index (χ1v) is 7.01. The van der Waals surface area contributed by atoms with E-state index in [1.54, 1.807) is 42.6 Å². The van der Waals surface area contributed by atoms with Gasteiger partial charge in [-0.3, -0.25) is 9.78 Å². The average molecular weight is 300 g/mol. The summed E-state index contributed by atoms with van der Waals surface area (Å²) >= 11 is 0. The Labute approximate surface area is 127 Å². The molecule has 0 aliphatic carbocycles. The number of ether oxygens (including phenoxy) is 2. The fourth-order valence-electron chi connectivity index (χ4n) is 2.16. The molecule has 0 fully saturated rings. The quantitative estimate of drug-likeness (QED) is 0.890. The summed E-state index contributed by atoms with van der Waals surface area (Å²) in [6, 6.07) is 10.3. The van der Waals surface area contributed by atoms with Crippen LogP contribution in [-0.4, -0.2) is 35.8 Å². The van der Waals surface area contributed by atoms with Crippen molar-refractivity contribution in [2.24, 2.45) is 0 Å². The summed E-state index contributed by atoms with van der Waals surface area (Å²) in [5, 5.41) is 12.8. The van der Waals surface area contributed by atoms with Crippen LogP contribution < -0.4 is 14.8 Å². The van der Waals surface area contributed by atoms with Crippen LogP contribution in [-0.2, 0) is 0 Å². The second-order valence-electron chi connectivity index (χ2n) is 4.84. The van der Waals surface area contributed by atoms with E-state index in [2.05, 4.69) is 10.3 Å². The zero-order valence-electron chi connectivity index (χ0n) is 11.9. The summed E-state index contributed by atoms with van der Waals surface area (Å²) in [6.07, 6.45) is 0.718. The van der Waals surface area contributed by atoms with Gasteiger partial charge in [-0.2, -0.15) is 0 Å². The van der Waals surface area contributed by atoms with Crippen LogP contribution in [0, 0.1) is 0 Å². The molecule has 2 N–H and O–H groups in total. The maximum atomic E-state index is 11.9. The topological polar surface area (TPSA) is 80.7 Å². The van der Waals surface area contributed by atoms with Gasteiger partial charge in [-0.25, -0.2) is 0 Å². The van der Waals surface area contributed by atoms with Crippen LogP contribution in [0.15, 0.2) is 42.6 Å². The largest absolute Gasteiger partial charge is 0.486 e. The fraction of sp³-hybridized carbons (Fsp3) is 0.250. The molecule has 1 atom stereocenters. The zero-order valence-corrected chi connectivity index (χ0v) is 11.9. The molecular weight excluding hydrogens is 284 g/mol. The first-order chi connectivity index (χ1) is 10.7. The molecule has 6 nitrogen and oxygen atoms in total. The molecule has 0 bridgehead atoms. The Balaban J connectivity index is 1.62. The third kappa shape index (κ3) is 3.17. The van der Waals surface area contributed by atoms with Crippen molar-refractivity contribution in [3.63, 3.8) is 0 Å². The molecule has 0 spiro atoms. The van der Waals surface area contributed by atoms with E-state index in [9.17, 15) is 9.90 Å². The smallest absolute Gasteiger partial charge is 0.269 e. The van der Waals surface area contributed by atoms with E-state index < -0.39 is 6.10 Å². The highest BCUT2D eigenvalue weighted by Gasteiger charge is 2.16. The predicted octanol–water partition coefficient (Wildman–Crippen LogP) is 1.32. The molecule has 0 saturated heterocycles. The number of carbonyl (C=O) groups excluding carboxylic acids is 1. The van der Waals surface area contributed by atoms with E-state index in [-0.39, 0.29) is 12.5 Å². The summed E-state index contributed by atoms with van der Waals surface area (Å²) in [7, 11) is 0. The van der Waals surface area contributed by atoms with Crippen LogP contribution in [0.3, 0.4) is 0 Å². The van der Waals surface area contributed by atoms with E-state index in [0.717, 1.165) is 0 Å². The molecule has 0 saturated carbocycles. The van der Waals surface area contributed by atoms with Gasteiger partial charge in [0.05, 0.1) is 6.10 Å². The van der Waals surface area contributed by atoms with Crippen molar-refractivity contribution >= 4 is 5.91 Å². The molecule has 2 aromatic rings. The van der Waals surface area contributed by atoms with Gasteiger partial charge in [0, 0.05) is 12.7 Å². The highest BCUT2D eigenvalue weighted by molar-refractivity contribution is 5.92. The van der Waals surface area contributed by atoms with Gasteiger partial charge in [0.2, 0.25) is 0 Å². The molecular formula is C16H16N2O4. The number of nitrogens with zero attached hydrogens (tertiary/aromatic N) is 1. The molecule has 22 heavy (non-hydrogen) atoms. The van der Waals surface area contributed by atoms with Gasteiger partial charge >= 0.3 is 0 Å². The number of fused-ring (bicyclic) bond motifs is 1. The number of rotatable bonds is 4. The maximum absolute atomic E-state index is 11.9. The van der Waals surface area contributed by atoms with Crippen LogP contribution in [0.4, 0.5) is 0 Å². The average Bonchev–Trinajstić information content (AvgIpc) is 2.59. The lowest BCUT2D eigenvalue weighted by atomic mass is 10.1. The van der Waals surface area contributed by atoms with Crippen molar-refractivity contribution < 1.29 is 19.4 Å². The van der Waals surface area contributed by atoms with E-state index in [1.165, 1.54) is 0 Å². The van der Waals surface area contributed by atoms with Gasteiger partial charge in [0.1, 0.15) is 18.9 Å². The van der Waals surface area contributed by atoms with Crippen molar-refractivity contribution in [2.45, 2.75) is 6.10 Å². The number of carbonyl (C=O) groups is 1. The van der Waals surface area contributed by atoms with Crippen molar-refractivity contribution in [3.05, 3.63) is 53.9 Å². The number of pyridine rings is 1. The molecule has 1 unspecified atom stereocenters. The summed E-state index contributed by atoms with van der Waals surface area (Å²) in [5.41, 5.74) is 0.974. The molecule has 1 amide bonds. The summed E-state index contributed by atoms with van der Waals surface area (Å²) in [5.74, 6) is 0.954. The molecule has 114 valence electrons. The number of hydrogen-bond acceptors (Lipinski definition) is 5. The van der Waals surface area contributed by atoms with E-state index >= 15 is 0 Å². The molecule has 1 aromatic heterocycles. The van der Waals surface area contributed by atoms with Crippen LogP contribution in [0.25, 0.3) is 0 Å². The second kappa shape index (κ2) is 6.44. The van der Waals surface area contributed by atoms with Crippen molar-refractivity contribution in [3.8, 4) is 11.5 Å². The van der Waals surface area contributed by atoms with E-state index in [1.807, 2.05) is 0 Å². The first-order valence-electron chi connectivity index (χ1n) is 7.01. The van der Waals surface area contributed by atoms with Gasteiger partial charge in [0.25, 0.3) is 5.91 Å². The monoisotopic (exact) mass is 300 g/mol. The van der Waals surface area contributed by atoms with Gasteiger partial charge in [-0.1, -0.05) is 12.1 Å². The zero-order chi connectivity index (χ0) is 15.4. The summed E-state index contributed by atoms with van der Waals surface area (Å²) < 4.78 is 10.9. The number of aliphatic hydroxyl groups is 1. The highest BCUT2D eigenvalue weighted by atomic mass is 16.6. The minimum absolute atomic E-state index is 0.0923. The van der Waals surface area contributed by atoms with Crippen molar-refractivity contribution in [1.29, 1.82) is 0 Å². The van der Waals surface area contributed by atoms with E-state index in [4.69, 9.17) is 9.47 Å². The molecule has 2 heterocycles. The van der Waals surface area contributed by atoms with Gasteiger partial charge in [0.15, 0.2) is 11.5 Å². The van der Waals surface area contributed by atoms with Crippen molar-refractivity contribution in [1.82, 2.24) is 10.3 Å². The minimum atomic E-state index is -0.830. The molecule has 1 aliphatic heterocycles. The van der Waals surface area contributed by atoms with Crippen molar-refractivity contribution in [2.75, 3.05) is 19.8 Å². The fourth-order valence-corrected chi connectivity index (χ4v) is 2.16. The van der Waals surface area contributed by atoms with Gasteiger partial charge in [-0.05, 0) is 29.8 Å². The van der Waals surface area contributed by atoms with E-state index in [0.29, 0.717) is 36.0 Å². The van der Waals surface area contributed by atoms with Gasteiger partial charge < -0.3 is 19.9 Å². The lowest BCUT2D eigenvalue weighted by Gasteiger charge is -2.20. The number of amides is 1. The normalized spacial score (nSPS) is 14.2. The number of nitrogens with one attached hydrogen (secondary N) is 1. The number of benzene rings is 1. The van der Waals surface area contributed by atoms with Crippen LogP contribution in [0.5, 0.6) is 11.5 Å². The Morgan fingerprint density at radius 3 is 2.82 bits per heavy atom. The van der Waals surface area contributed by atoms with Gasteiger partial charge in [-0.15, -0.1) is 0 Å². The Bertz CT molecular complexity index is 660. The number of aromatic nitrogens is 1. The summed E-state index contributed by atoms with van der Waals surface area (Å²) in [6.45, 7) is 1.10. The lowest BCUT2D eigenvalue weighted by molar-refractivity contribution is 0.0911. The predicted molar refractivity (Wildman–Crippen MR) is 79.0 cm³/mol. The minimum Gasteiger partial charge on any atom is -0.486 e.